The van der Waals surface area contributed by atoms with Crippen molar-refractivity contribution in [1.29, 1.82) is 0 Å². The summed E-state index contributed by atoms with van der Waals surface area (Å²) in [7, 11) is 0. The second-order valence-corrected chi connectivity index (χ2v) is 3.06. The van der Waals surface area contributed by atoms with E-state index >= 15 is 0 Å². The average Bonchev–Trinajstić information content (AvgIpc) is 2.10. The van der Waals surface area contributed by atoms with Gasteiger partial charge in [-0.05, 0) is 13.8 Å². The molecule has 0 radical (unpaired) electrons. The van der Waals surface area contributed by atoms with Gasteiger partial charge in [0.25, 0.3) is 0 Å². The Labute approximate surface area is 65.9 Å². The number of hydrogen-bond acceptors (Lipinski definition) is 3. The monoisotopic (exact) mass is 157 g/mol. The highest BCUT2D eigenvalue weighted by Crippen LogP contribution is 2.05. The van der Waals surface area contributed by atoms with Crippen LogP contribution in [0, 0.1) is 0 Å². The van der Waals surface area contributed by atoms with Crippen molar-refractivity contribution in [2.45, 2.75) is 19.9 Å². The van der Waals surface area contributed by atoms with E-state index in [0.29, 0.717) is 23.5 Å². The maximum atomic E-state index is 5.56. The third-order valence-electron chi connectivity index (χ3n) is 1.46. The molecule has 4 heteroatoms. The minimum absolute atomic E-state index is 0.393. The molecule has 2 N–H and O–H groups in total. The minimum Gasteiger partial charge on any atom is -0.369 e. The molecule has 0 fully saturated rings. The van der Waals surface area contributed by atoms with E-state index in [1.165, 1.54) is 0 Å². The molecular weight excluding hydrogens is 146 g/mol. The van der Waals surface area contributed by atoms with Crippen molar-refractivity contribution in [3.63, 3.8) is 0 Å². The molecule has 0 spiro atoms. The van der Waals surface area contributed by atoms with E-state index in [9.17, 15) is 0 Å². The molecule has 3 nitrogen and oxygen atoms in total. The van der Waals surface area contributed by atoms with Crippen LogP contribution in [0.3, 0.4) is 0 Å². The number of hydrogen-bond donors (Lipinski definition) is 1. The predicted molar refractivity (Wildman–Crippen MR) is 46.1 cm³/mol. The molecule has 1 aliphatic heterocycles. The highest BCUT2D eigenvalue weighted by Gasteiger charge is 2.19. The summed E-state index contributed by atoms with van der Waals surface area (Å²) in [6.07, 6.45) is 0. The molecule has 1 heterocycles. The highest BCUT2D eigenvalue weighted by atomic mass is 32.1. The van der Waals surface area contributed by atoms with Crippen LogP contribution >= 0.6 is 12.2 Å². The van der Waals surface area contributed by atoms with Crippen molar-refractivity contribution in [3.8, 4) is 0 Å². The molecule has 0 saturated heterocycles. The molecule has 0 aromatic rings. The van der Waals surface area contributed by atoms with Gasteiger partial charge in [0.1, 0.15) is 4.99 Å². The Hall–Kier alpha value is -0.640. The largest absolute Gasteiger partial charge is 0.369 e. The van der Waals surface area contributed by atoms with Crippen LogP contribution in [0.25, 0.3) is 0 Å². The fraction of sp³-hybridized carbons (Fsp3) is 0.667. The molecular formula is C6H11N3S. The SMILES string of the molecule is CC(C)N1CC(=S)N=C1N. The van der Waals surface area contributed by atoms with Crippen molar-refractivity contribution in [3.05, 3.63) is 0 Å². The molecule has 0 unspecified atom stereocenters. The lowest BCUT2D eigenvalue weighted by Gasteiger charge is -2.20. The van der Waals surface area contributed by atoms with Gasteiger partial charge in [0.05, 0.1) is 6.54 Å². The van der Waals surface area contributed by atoms with Gasteiger partial charge in [-0.25, -0.2) is 4.99 Å². The summed E-state index contributed by atoms with van der Waals surface area (Å²) in [5, 5.41) is 0. The van der Waals surface area contributed by atoms with E-state index < -0.39 is 0 Å². The molecule has 0 atom stereocenters. The average molecular weight is 157 g/mol. The van der Waals surface area contributed by atoms with Crippen LogP contribution in [0.2, 0.25) is 0 Å². The fourth-order valence-corrected chi connectivity index (χ4v) is 1.13. The Bertz CT molecular complexity index is 185. The maximum Gasteiger partial charge on any atom is 0.197 e. The third kappa shape index (κ3) is 1.26. The first-order chi connectivity index (χ1) is 4.61. The van der Waals surface area contributed by atoms with E-state index in [2.05, 4.69) is 18.8 Å². The van der Waals surface area contributed by atoms with Gasteiger partial charge in [-0.2, -0.15) is 0 Å². The first kappa shape index (κ1) is 7.47. The zero-order valence-corrected chi connectivity index (χ0v) is 6.98. The summed E-state index contributed by atoms with van der Waals surface area (Å²) in [5.74, 6) is 0.556. The Morgan fingerprint density at radius 2 is 2.30 bits per heavy atom. The van der Waals surface area contributed by atoms with Gasteiger partial charge in [0, 0.05) is 6.04 Å². The van der Waals surface area contributed by atoms with E-state index in [0.717, 1.165) is 0 Å². The van der Waals surface area contributed by atoms with E-state index in [1.807, 2.05) is 4.90 Å². The van der Waals surface area contributed by atoms with Gasteiger partial charge in [-0.1, -0.05) is 12.2 Å². The number of aliphatic imine (C=N–C) groups is 1. The van der Waals surface area contributed by atoms with Crippen molar-refractivity contribution >= 4 is 23.2 Å². The van der Waals surface area contributed by atoms with E-state index in [-0.39, 0.29) is 0 Å². The lowest BCUT2D eigenvalue weighted by atomic mass is 10.3. The van der Waals surface area contributed by atoms with Gasteiger partial charge >= 0.3 is 0 Å². The number of guanidine groups is 1. The summed E-state index contributed by atoms with van der Waals surface area (Å²) in [5.41, 5.74) is 5.56. The summed E-state index contributed by atoms with van der Waals surface area (Å²) in [4.78, 5) is 6.60. The highest BCUT2D eigenvalue weighted by molar-refractivity contribution is 7.80. The zero-order chi connectivity index (χ0) is 7.72. The summed E-state index contributed by atoms with van der Waals surface area (Å²) in [6.45, 7) is 4.84. The molecule has 56 valence electrons. The van der Waals surface area contributed by atoms with E-state index in [4.69, 9.17) is 18.0 Å². The van der Waals surface area contributed by atoms with Crippen LogP contribution in [-0.4, -0.2) is 28.4 Å². The number of rotatable bonds is 1. The van der Waals surface area contributed by atoms with Crippen LogP contribution < -0.4 is 5.73 Å². The molecule has 0 aliphatic carbocycles. The number of nitrogens with zero attached hydrogens (tertiary/aromatic N) is 2. The van der Waals surface area contributed by atoms with Crippen LogP contribution in [0.4, 0.5) is 0 Å². The number of nitrogens with two attached hydrogens (primary N) is 1. The van der Waals surface area contributed by atoms with Crippen LogP contribution in [0.1, 0.15) is 13.8 Å². The Morgan fingerprint density at radius 3 is 2.50 bits per heavy atom. The normalized spacial score (nSPS) is 18.5. The third-order valence-corrected chi connectivity index (χ3v) is 1.68. The van der Waals surface area contributed by atoms with Gasteiger partial charge in [-0.3, -0.25) is 0 Å². The van der Waals surface area contributed by atoms with Crippen LogP contribution in [0.15, 0.2) is 4.99 Å². The molecule has 0 aromatic carbocycles. The standard InChI is InChI=1S/C6H11N3S/c1-4(2)9-3-5(10)8-6(9)7/h4H,3H2,1-2H3,(H2,7,8,10). The lowest BCUT2D eigenvalue weighted by molar-refractivity contribution is 0.400. The molecule has 0 aromatic heterocycles. The molecule has 0 amide bonds. The molecule has 0 saturated carbocycles. The smallest absolute Gasteiger partial charge is 0.197 e. The Balaban J connectivity index is 2.68. The predicted octanol–water partition coefficient (Wildman–Crippen LogP) is 0.353. The quantitative estimate of drug-likeness (QED) is 0.558. The minimum atomic E-state index is 0.393. The van der Waals surface area contributed by atoms with Crippen molar-refractivity contribution in [2.75, 3.05) is 6.54 Å². The first-order valence-electron chi connectivity index (χ1n) is 3.25. The zero-order valence-electron chi connectivity index (χ0n) is 6.16. The maximum absolute atomic E-state index is 5.56. The van der Waals surface area contributed by atoms with Gasteiger partial charge in [0.15, 0.2) is 5.96 Å². The second kappa shape index (κ2) is 2.54. The fourth-order valence-electron chi connectivity index (χ4n) is 0.901. The van der Waals surface area contributed by atoms with Crippen molar-refractivity contribution in [2.24, 2.45) is 10.7 Å². The summed E-state index contributed by atoms with van der Waals surface area (Å²) < 4.78 is 0. The van der Waals surface area contributed by atoms with Gasteiger partial charge in [0.2, 0.25) is 0 Å². The van der Waals surface area contributed by atoms with Crippen molar-refractivity contribution < 1.29 is 0 Å². The molecule has 10 heavy (non-hydrogen) atoms. The number of thiocarbonyl (C=S) groups is 1. The van der Waals surface area contributed by atoms with Gasteiger partial charge in [-0.15, -0.1) is 0 Å². The summed E-state index contributed by atoms with van der Waals surface area (Å²) >= 11 is 4.88. The van der Waals surface area contributed by atoms with Crippen LogP contribution in [-0.2, 0) is 0 Å². The Morgan fingerprint density at radius 1 is 1.70 bits per heavy atom. The van der Waals surface area contributed by atoms with Crippen LogP contribution in [0.5, 0.6) is 0 Å². The summed E-state index contributed by atoms with van der Waals surface area (Å²) in [6, 6.07) is 0.393. The second-order valence-electron chi connectivity index (χ2n) is 2.59. The molecule has 1 rings (SSSR count). The van der Waals surface area contributed by atoms with Crippen molar-refractivity contribution in [1.82, 2.24) is 4.90 Å². The topological polar surface area (TPSA) is 41.6 Å². The molecule has 0 bridgehead atoms. The van der Waals surface area contributed by atoms with Gasteiger partial charge < -0.3 is 10.6 Å². The van der Waals surface area contributed by atoms with E-state index in [1.54, 1.807) is 0 Å². The molecule has 1 aliphatic rings. The first-order valence-corrected chi connectivity index (χ1v) is 3.65. The lowest BCUT2D eigenvalue weighted by Crippen LogP contribution is -2.39. The Kier molecular flexibility index (Phi) is 1.89.